The molecule has 0 atom stereocenters. The van der Waals surface area contributed by atoms with E-state index < -0.39 is 5.97 Å². The summed E-state index contributed by atoms with van der Waals surface area (Å²) in [6, 6.07) is 21.4. The molecule has 136 valence electrons. The van der Waals surface area contributed by atoms with Crippen molar-refractivity contribution >= 4 is 27.5 Å². The van der Waals surface area contributed by atoms with Crippen LogP contribution in [-0.2, 0) is 12.8 Å². The van der Waals surface area contributed by atoms with Gasteiger partial charge in [-0.2, -0.15) is 0 Å². The fourth-order valence-corrected chi connectivity index (χ4v) is 3.83. The van der Waals surface area contributed by atoms with Crippen molar-refractivity contribution in [2.45, 2.75) is 12.8 Å². The first kappa shape index (κ1) is 18.0. The number of carboxylic acids is 1. The van der Waals surface area contributed by atoms with Crippen LogP contribution in [0.15, 0.2) is 72.9 Å². The molecule has 0 saturated carbocycles. The number of carboxylic acid groups (broad SMARTS) is 1. The summed E-state index contributed by atoms with van der Waals surface area (Å²) >= 11 is 1.60. The fourth-order valence-electron chi connectivity index (χ4n) is 2.97. The first-order chi connectivity index (χ1) is 13.7. The highest BCUT2D eigenvalue weighted by atomic mass is 32.1. The highest BCUT2D eigenvalue weighted by Gasteiger charge is 2.05. The molecule has 4 heteroatoms. The summed E-state index contributed by atoms with van der Waals surface area (Å²) in [5, 5.41) is 10.1. The van der Waals surface area contributed by atoms with Crippen LogP contribution in [0, 0.1) is 11.8 Å². The molecule has 0 saturated heterocycles. The Kier molecular flexibility index (Phi) is 5.18. The Morgan fingerprint density at radius 2 is 1.75 bits per heavy atom. The third-order valence-electron chi connectivity index (χ3n) is 4.38. The van der Waals surface area contributed by atoms with Gasteiger partial charge in [-0.3, -0.25) is 0 Å². The Labute approximate surface area is 167 Å². The van der Waals surface area contributed by atoms with Gasteiger partial charge in [0.1, 0.15) is 4.83 Å². The van der Waals surface area contributed by atoms with Crippen LogP contribution in [0.3, 0.4) is 0 Å². The number of carbonyl (C=O) groups is 1. The van der Waals surface area contributed by atoms with Crippen LogP contribution in [0.5, 0.6) is 0 Å². The van der Waals surface area contributed by atoms with Crippen LogP contribution < -0.4 is 0 Å². The van der Waals surface area contributed by atoms with Crippen LogP contribution in [0.25, 0.3) is 10.2 Å². The summed E-state index contributed by atoms with van der Waals surface area (Å²) < 4.78 is 0. The number of pyridine rings is 1. The minimum Gasteiger partial charge on any atom is -0.478 e. The molecule has 0 aliphatic carbocycles. The van der Waals surface area contributed by atoms with E-state index in [0.29, 0.717) is 12.0 Å². The monoisotopic (exact) mass is 383 g/mol. The van der Waals surface area contributed by atoms with Gasteiger partial charge in [-0.05, 0) is 47.4 Å². The zero-order chi connectivity index (χ0) is 19.3. The normalized spacial score (nSPS) is 10.4. The molecule has 0 fully saturated rings. The third-order valence-corrected chi connectivity index (χ3v) is 5.36. The van der Waals surface area contributed by atoms with Crippen molar-refractivity contribution in [1.82, 2.24) is 4.98 Å². The Balaban J connectivity index is 1.49. The lowest BCUT2D eigenvalue weighted by atomic mass is 10.0. The van der Waals surface area contributed by atoms with Crippen molar-refractivity contribution < 1.29 is 9.90 Å². The molecule has 4 aromatic rings. The number of nitrogens with zero attached hydrogens (tertiary/aromatic N) is 1. The average Bonchev–Trinajstić information content (AvgIpc) is 3.11. The third kappa shape index (κ3) is 4.28. The number of thiophene rings is 1. The molecule has 28 heavy (non-hydrogen) atoms. The second-order valence-corrected chi connectivity index (χ2v) is 7.52. The van der Waals surface area contributed by atoms with E-state index in [1.54, 1.807) is 23.5 Å². The number of aromatic nitrogens is 1. The Morgan fingerprint density at radius 3 is 2.50 bits per heavy atom. The molecule has 0 spiro atoms. The molecule has 0 unspecified atom stereocenters. The summed E-state index contributed by atoms with van der Waals surface area (Å²) in [5.74, 6) is 5.57. The fraction of sp³-hybridized carbons (Fsp3) is 0.0833. The maximum absolute atomic E-state index is 11.0. The molecule has 0 bridgehead atoms. The van der Waals surface area contributed by atoms with E-state index in [0.717, 1.165) is 32.6 Å². The molecule has 0 aliphatic rings. The van der Waals surface area contributed by atoms with Crippen LogP contribution in [0.2, 0.25) is 0 Å². The highest BCUT2D eigenvalue weighted by molar-refractivity contribution is 7.19. The lowest BCUT2D eigenvalue weighted by Crippen LogP contribution is -1.96. The quantitative estimate of drug-likeness (QED) is 0.494. The van der Waals surface area contributed by atoms with Crippen LogP contribution in [-0.4, -0.2) is 16.1 Å². The first-order valence-electron chi connectivity index (χ1n) is 8.91. The lowest BCUT2D eigenvalue weighted by molar-refractivity contribution is 0.0697. The standard InChI is InChI=1S/C24H17NO2S/c26-24(27)20-11-9-18(10-12-20)13-19-14-21-15-22(28-23(21)25-16-19)8-4-7-17-5-2-1-3-6-17/h1-3,5-6,9-12,14-16H,7,13H2,(H,26,27). The van der Waals surface area contributed by atoms with Gasteiger partial charge in [0.2, 0.25) is 0 Å². The SMILES string of the molecule is O=C(O)c1ccc(Cc2cnc3sc(C#CCc4ccccc4)cc3c2)cc1. The largest absolute Gasteiger partial charge is 0.478 e. The molecule has 0 radical (unpaired) electrons. The summed E-state index contributed by atoms with van der Waals surface area (Å²) in [6.45, 7) is 0. The molecule has 0 amide bonds. The molecule has 2 aromatic carbocycles. The average molecular weight is 383 g/mol. The van der Waals surface area contributed by atoms with Crippen molar-refractivity contribution in [2.24, 2.45) is 0 Å². The van der Waals surface area contributed by atoms with Gasteiger partial charge in [0.25, 0.3) is 0 Å². The first-order valence-corrected chi connectivity index (χ1v) is 9.72. The maximum Gasteiger partial charge on any atom is 0.335 e. The van der Waals surface area contributed by atoms with E-state index in [9.17, 15) is 4.79 Å². The van der Waals surface area contributed by atoms with Gasteiger partial charge in [0.05, 0.1) is 10.4 Å². The van der Waals surface area contributed by atoms with Gasteiger partial charge < -0.3 is 5.11 Å². The number of fused-ring (bicyclic) bond motifs is 1. The number of rotatable bonds is 4. The second kappa shape index (κ2) is 8.08. The van der Waals surface area contributed by atoms with Gasteiger partial charge in [0, 0.05) is 18.0 Å². The zero-order valence-electron chi connectivity index (χ0n) is 15.1. The predicted octanol–water partition coefficient (Wildman–Crippen LogP) is 5.18. The van der Waals surface area contributed by atoms with Gasteiger partial charge in [-0.1, -0.05) is 54.3 Å². The molecular formula is C24H17NO2S. The number of aromatic carboxylic acids is 1. The lowest BCUT2D eigenvalue weighted by Gasteiger charge is -2.02. The minimum absolute atomic E-state index is 0.300. The van der Waals surface area contributed by atoms with Gasteiger partial charge in [-0.15, -0.1) is 11.3 Å². The molecule has 0 aliphatic heterocycles. The minimum atomic E-state index is -0.909. The van der Waals surface area contributed by atoms with Crippen molar-refractivity contribution in [3.63, 3.8) is 0 Å². The molecule has 4 rings (SSSR count). The van der Waals surface area contributed by atoms with Crippen LogP contribution >= 0.6 is 11.3 Å². The Bertz CT molecular complexity index is 1180. The Hall–Kier alpha value is -3.42. The number of hydrogen-bond acceptors (Lipinski definition) is 3. The number of benzene rings is 2. The maximum atomic E-state index is 11.0. The van der Waals surface area contributed by atoms with Gasteiger partial charge in [-0.25, -0.2) is 9.78 Å². The van der Waals surface area contributed by atoms with Crippen LogP contribution in [0.4, 0.5) is 0 Å². The van der Waals surface area contributed by atoms with Crippen molar-refractivity contribution in [1.29, 1.82) is 0 Å². The van der Waals surface area contributed by atoms with E-state index >= 15 is 0 Å². The summed E-state index contributed by atoms with van der Waals surface area (Å²) in [4.78, 5) is 17.5. The molecule has 3 nitrogen and oxygen atoms in total. The van der Waals surface area contributed by atoms with E-state index in [1.807, 2.05) is 36.5 Å². The van der Waals surface area contributed by atoms with E-state index in [-0.39, 0.29) is 0 Å². The molecule has 2 heterocycles. The summed E-state index contributed by atoms with van der Waals surface area (Å²) in [5.41, 5.74) is 3.67. The van der Waals surface area contributed by atoms with E-state index in [2.05, 4.69) is 41.1 Å². The van der Waals surface area contributed by atoms with Crippen LogP contribution in [0.1, 0.15) is 31.9 Å². The van der Waals surface area contributed by atoms with Gasteiger partial charge >= 0.3 is 5.97 Å². The van der Waals surface area contributed by atoms with Crippen molar-refractivity contribution in [3.05, 3.63) is 100 Å². The smallest absolute Gasteiger partial charge is 0.335 e. The number of hydrogen-bond donors (Lipinski definition) is 1. The second-order valence-electron chi connectivity index (χ2n) is 6.49. The zero-order valence-corrected chi connectivity index (χ0v) is 15.9. The summed E-state index contributed by atoms with van der Waals surface area (Å²) in [7, 11) is 0. The van der Waals surface area contributed by atoms with Crippen molar-refractivity contribution in [2.75, 3.05) is 0 Å². The predicted molar refractivity (Wildman–Crippen MR) is 113 cm³/mol. The highest BCUT2D eigenvalue weighted by Crippen LogP contribution is 2.24. The van der Waals surface area contributed by atoms with Crippen molar-refractivity contribution in [3.8, 4) is 11.8 Å². The molecule has 2 aromatic heterocycles. The Morgan fingerprint density at radius 1 is 0.964 bits per heavy atom. The summed E-state index contributed by atoms with van der Waals surface area (Å²) in [6.07, 6.45) is 3.33. The van der Waals surface area contributed by atoms with E-state index in [1.165, 1.54) is 5.56 Å². The topological polar surface area (TPSA) is 50.2 Å². The van der Waals surface area contributed by atoms with E-state index in [4.69, 9.17) is 5.11 Å². The molecular weight excluding hydrogens is 366 g/mol. The molecule has 1 N–H and O–H groups in total. The van der Waals surface area contributed by atoms with Gasteiger partial charge in [0.15, 0.2) is 0 Å².